The number of rotatable bonds is 18. The molecule has 0 N–H and O–H groups in total. The molecule has 5 nitrogen and oxygen atoms in total. The molecule has 3 aromatic rings. The van der Waals surface area contributed by atoms with Gasteiger partial charge in [0.1, 0.15) is 11.5 Å². The molecular weight excluding hydrogens is 512 g/mol. The van der Waals surface area contributed by atoms with Crippen LogP contribution in [0, 0.1) is 11.6 Å². The first-order chi connectivity index (χ1) is 19.4. The fourth-order valence-electron chi connectivity index (χ4n) is 4.18. The van der Waals surface area contributed by atoms with Crippen molar-refractivity contribution in [1.29, 1.82) is 0 Å². The number of aromatic nitrogens is 1. The summed E-state index contributed by atoms with van der Waals surface area (Å²) in [6, 6.07) is 13.2. The van der Waals surface area contributed by atoms with Crippen LogP contribution in [-0.2, 0) is 4.79 Å². The van der Waals surface area contributed by atoms with E-state index in [9.17, 15) is 13.6 Å². The van der Waals surface area contributed by atoms with Gasteiger partial charge in [-0.1, -0.05) is 70.1 Å². The molecule has 3 rings (SSSR count). The van der Waals surface area contributed by atoms with Gasteiger partial charge in [-0.2, -0.15) is 0 Å². The maximum absolute atomic E-state index is 14.4. The van der Waals surface area contributed by atoms with Gasteiger partial charge in [-0.15, -0.1) is 0 Å². The zero-order chi connectivity index (χ0) is 28.6. The van der Waals surface area contributed by atoms with Gasteiger partial charge in [0.25, 0.3) is 0 Å². The van der Waals surface area contributed by atoms with E-state index in [0.717, 1.165) is 43.8 Å². The second-order valence-corrected chi connectivity index (χ2v) is 9.88. The number of halogens is 2. The molecule has 214 valence electrons. The van der Waals surface area contributed by atoms with Gasteiger partial charge in [-0.3, -0.25) is 4.98 Å². The van der Waals surface area contributed by atoms with Gasteiger partial charge < -0.3 is 14.2 Å². The predicted octanol–water partition coefficient (Wildman–Crippen LogP) is 8.87. The summed E-state index contributed by atoms with van der Waals surface area (Å²) in [6.07, 6.45) is 15.4. The van der Waals surface area contributed by atoms with Crippen molar-refractivity contribution in [2.45, 2.75) is 71.1 Å². The first kappa shape index (κ1) is 30.8. The Balaban J connectivity index is 1.22. The predicted molar refractivity (Wildman–Crippen MR) is 154 cm³/mol. The maximum Gasteiger partial charge on any atom is 0.338 e. The van der Waals surface area contributed by atoms with Crippen molar-refractivity contribution in [2.24, 2.45) is 0 Å². The third-order valence-corrected chi connectivity index (χ3v) is 6.44. The third-order valence-electron chi connectivity index (χ3n) is 6.44. The Bertz CT molecular complexity index is 1180. The number of benzene rings is 2. The van der Waals surface area contributed by atoms with Crippen LogP contribution in [0.5, 0.6) is 17.2 Å². The molecule has 0 bridgehead atoms. The van der Waals surface area contributed by atoms with Crippen LogP contribution in [-0.4, -0.2) is 24.2 Å². The highest BCUT2D eigenvalue weighted by Crippen LogP contribution is 2.30. The van der Waals surface area contributed by atoms with Gasteiger partial charge >= 0.3 is 5.97 Å². The number of ether oxygens (including phenoxy) is 3. The Kier molecular flexibility index (Phi) is 13.1. The lowest BCUT2D eigenvalue weighted by Crippen LogP contribution is -2.10. The molecule has 0 unspecified atom stereocenters. The number of hydrogen-bond acceptors (Lipinski definition) is 5. The number of carbonyl (C=O) groups excluding carboxylic acids is 1. The van der Waals surface area contributed by atoms with Gasteiger partial charge in [0.2, 0.25) is 5.75 Å². The minimum absolute atomic E-state index is 0.0559. The molecule has 0 radical (unpaired) electrons. The summed E-state index contributed by atoms with van der Waals surface area (Å²) in [7, 11) is 0. The van der Waals surface area contributed by atoms with Gasteiger partial charge in [0.15, 0.2) is 11.6 Å². The van der Waals surface area contributed by atoms with Crippen LogP contribution >= 0.6 is 0 Å². The fraction of sp³-hybridized carbons (Fsp3) is 0.394. The smallest absolute Gasteiger partial charge is 0.338 e. The molecular formula is C33H39F2NO4. The van der Waals surface area contributed by atoms with Crippen LogP contribution in [0.15, 0.2) is 73.1 Å². The summed E-state index contributed by atoms with van der Waals surface area (Å²) in [5.74, 6) is -1.96. The first-order valence-corrected chi connectivity index (χ1v) is 14.1. The molecule has 0 aliphatic carbocycles. The van der Waals surface area contributed by atoms with Crippen molar-refractivity contribution in [3.8, 4) is 28.4 Å². The molecule has 1 heterocycles. The average molecular weight is 552 g/mol. The highest BCUT2D eigenvalue weighted by atomic mass is 19.1. The van der Waals surface area contributed by atoms with Crippen LogP contribution in [0.4, 0.5) is 8.78 Å². The van der Waals surface area contributed by atoms with E-state index < -0.39 is 23.4 Å². The number of carbonyl (C=O) groups is 1. The fourth-order valence-corrected chi connectivity index (χ4v) is 4.18. The van der Waals surface area contributed by atoms with Crippen LogP contribution in [0.25, 0.3) is 11.1 Å². The standard InChI is InChI=1S/C33H39F2NO4/c1-25(2)33(37)40-32-30(34)22-27(23-31(32)35)26-15-17-28(18-16-26)38-20-11-9-7-5-3-4-6-8-10-12-21-39-29-14-13-19-36-24-29/h13-19,22-24H,1,3-12,20-21H2,2H3. The zero-order valence-corrected chi connectivity index (χ0v) is 23.3. The van der Waals surface area contributed by atoms with Gasteiger partial charge in [0, 0.05) is 11.8 Å². The largest absolute Gasteiger partial charge is 0.494 e. The van der Waals surface area contributed by atoms with Crippen molar-refractivity contribution >= 4 is 5.97 Å². The molecule has 0 spiro atoms. The lowest BCUT2D eigenvalue weighted by Gasteiger charge is -2.10. The first-order valence-electron chi connectivity index (χ1n) is 14.1. The third kappa shape index (κ3) is 10.8. The van der Waals surface area contributed by atoms with E-state index in [1.54, 1.807) is 36.7 Å². The minimum atomic E-state index is -0.951. The SMILES string of the molecule is C=C(C)C(=O)Oc1c(F)cc(-c2ccc(OCCCCCCCCCCCCOc3cccnc3)cc2)cc1F. The van der Waals surface area contributed by atoms with E-state index >= 15 is 0 Å². The Morgan fingerprint density at radius 3 is 1.77 bits per heavy atom. The molecule has 1 aromatic heterocycles. The van der Waals surface area contributed by atoms with Crippen LogP contribution in [0.1, 0.15) is 71.1 Å². The quantitative estimate of drug-likeness (QED) is 0.0684. The Morgan fingerprint density at radius 1 is 0.750 bits per heavy atom. The van der Waals surface area contributed by atoms with Gasteiger partial charge in [0.05, 0.1) is 19.4 Å². The molecule has 40 heavy (non-hydrogen) atoms. The van der Waals surface area contributed by atoms with Crippen LogP contribution in [0.3, 0.4) is 0 Å². The lowest BCUT2D eigenvalue weighted by atomic mass is 10.0. The number of esters is 1. The normalized spacial score (nSPS) is 10.8. The molecule has 7 heteroatoms. The molecule has 0 aliphatic heterocycles. The topological polar surface area (TPSA) is 57.7 Å². The molecule has 0 saturated heterocycles. The number of nitrogens with zero attached hydrogens (tertiary/aromatic N) is 1. The molecule has 0 aliphatic rings. The maximum atomic E-state index is 14.4. The summed E-state index contributed by atoms with van der Waals surface area (Å²) in [4.78, 5) is 15.6. The van der Waals surface area contributed by atoms with Crippen molar-refractivity contribution in [1.82, 2.24) is 4.98 Å². The summed E-state index contributed by atoms with van der Waals surface area (Å²) in [6.45, 7) is 6.20. The molecule has 0 saturated carbocycles. The number of pyridine rings is 1. The summed E-state index contributed by atoms with van der Waals surface area (Å²) in [5.41, 5.74) is 1.02. The highest BCUT2D eigenvalue weighted by Gasteiger charge is 2.17. The van der Waals surface area contributed by atoms with E-state index in [1.807, 2.05) is 12.1 Å². The van der Waals surface area contributed by atoms with Crippen LogP contribution < -0.4 is 14.2 Å². The monoisotopic (exact) mass is 551 g/mol. The summed E-state index contributed by atoms with van der Waals surface area (Å²) < 4.78 is 45.0. The molecule has 0 atom stereocenters. The molecule has 0 fully saturated rings. The van der Waals surface area contributed by atoms with Gasteiger partial charge in [-0.25, -0.2) is 13.6 Å². The average Bonchev–Trinajstić information content (AvgIpc) is 2.95. The Morgan fingerprint density at radius 2 is 1.27 bits per heavy atom. The summed E-state index contributed by atoms with van der Waals surface area (Å²) >= 11 is 0. The summed E-state index contributed by atoms with van der Waals surface area (Å²) in [5, 5.41) is 0. The highest BCUT2D eigenvalue weighted by molar-refractivity contribution is 5.89. The van der Waals surface area contributed by atoms with Crippen molar-refractivity contribution < 1.29 is 27.8 Å². The second-order valence-electron chi connectivity index (χ2n) is 9.88. The number of unbranched alkanes of at least 4 members (excludes halogenated alkanes) is 9. The van der Waals surface area contributed by atoms with E-state index in [1.165, 1.54) is 51.9 Å². The van der Waals surface area contributed by atoms with Crippen molar-refractivity contribution in [3.05, 3.63) is 84.7 Å². The van der Waals surface area contributed by atoms with Crippen molar-refractivity contribution in [3.63, 3.8) is 0 Å². The lowest BCUT2D eigenvalue weighted by molar-refractivity contribution is -0.130. The zero-order valence-electron chi connectivity index (χ0n) is 23.3. The second kappa shape index (κ2) is 17.1. The van der Waals surface area contributed by atoms with E-state index in [4.69, 9.17) is 14.2 Å². The van der Waals surface area contributed by atoms with Crippen LogP contribution in [0.2, 0.25) is 0 Å². The van der Waals surface area contributed by atoms with E-state index in [2.05, 4.69) is 11.6 Å². The molecule has 0 amide bonds. The molecule has 2 aromatic carbocycles. The number of hydrogen-bond donors (Lipinski definition) is 0. The Labute approximate surface area is 236 Å². The van der Waals surface area contributed by atoms with E-state index in [-0.39, 0.29) is 5.57 Å². The van der Waals surface area contributed by atoms with Gasteiger partial charge in [-0.05, 0) is 67.3 Å². The Hall–Kier alpha value is -3.74. The van der Waals surface area contributed by atoms with Crippen molar-refractivity contribution in [2.75, 3.05) is 13.2 Å². The van der Waals surface area contributed by atoms with E-state index in [0.29, 0.717) is 23.5 Å². The minimum Gasteiger partial charge on any atom is -0.494 e.